The molecular formula is C73H129NO18. The summed E-state index contributed by atoms with van der Waals surface area (Å²) in [7, 11) is 0. The van der Waals surface area contributed by atoms with Gasteiger partial charge in [0.1, 0.15) is 73.2 Å². The topological polar surface area (TPSA) is 307 Å². The predicted molar refractivity (Wildman–Crippen MR) is 360 cm³/mol. The van der Waals surface area contributed by atoms with Crippen LogP contribution < -0.4 is 5.32 Å². The average Bonchev–Trinajstić information content (AvgIpc) is 0.838. The van der Waals surface area contributed by atoms with E-state index < -0.39 is 124 Å². The Morgan fingerprint density at radius 2 is 0.728 bits per heavy atom. The molecule has 0 aromatic rings. The first-order valence-corrected chi connectivity index (χ1v) is 36.2. The summed E-state index contributed by atoms with van der Waals surface area (Å²) >= 11 is 0. The lowest BCUT2D eigenvalue weighted by Gasteiger charge is -2.48. The van der Waals surface area contributed by atoms with E-state index in [1.54, 1.807) is 6.08 Å². The number of amides is 1. The van der Waals surface area contributed by atoms with E-state index in [9.17, 15) is 61.0 Å². The van der Waals surface area contributed by atoms with Crippen LogP contribution >= 0.6 is 0 Å². The maximum atomic E-state index is 13.4. The van der Waals surface area contributed by atoms with Crippen molar-refractivity contribution in [1.82, 2.24) is 5.32 Å². The van der Waals surface area contributed by atoms with E-state index >= 15 is 0 Å². The first-order valence-electron chi connectivity index (χ1n) is 36.2. The Bertz CT molecular complexity index is 1950. The smallest absolute Gasteiger partial charge is 0.220 e. The fraction of sp³-hybridized carbons (Fsp3) is 0.822. The number of rotatable bonds is 55. The Morgan fingerprint density at radius 3 is 1.16 bits per heavy atom. The standard InChI is InChI=1S/C73H129NO18/c1-3-5-7-9-11-13-15-17-19-21-23-25-27-29-30-32-34-36-38-40-42-44-46-48-50-57(78)56(74-61(79)51-49-47-45-43-41-39-37-35-33-31-28-26-24-22-20-18-16-14-12-10-8-6-4-2)55-87-71-67(85)64(82)69(59(53-76)89-71)92-73-68(86)65(83)70(60(54-77)90-73)91-72-66(84)63(81)62(80)58(52-75)88-72/h16,18,22,24,28,31-32,34,40,42,48,50,56-60,62-73,75-78,80-86H,3-15,17,19-21,23,25-27,29-30,33,35-39,41,43-47,49,51-55H2,1-2H3,(H,74,79)/b18-16-,24-22-,31-28-,34-32+,42-40+,50-48+. The monoisotopic (exact) mass is 1310 g/mol. The van der Waals surface area contributed by atoms with Crippen molar-refractivity contribution in [2.75, 3.05) is 26.4 Å². The number of allylic oxidation sites excluding steroid dienone is 11. The van der Waals surface area contributed by atoms with E-state index in [1.165, 1.54) is 148 Å². The highest BCUT2D eigenvalue weighted by Crippen LogP contribution is 2.33. The molecule has 0 aliphatic carbocycles. The van der Waals surface area contributed by atoms with Crippen LogP contribution in [0.4, 0.5) is 0 Å². The summed E-state index contributed by atoms with van der Waals surface area (Å²) in [6.45, 7) is 1.70. The average molecular weight is 1310 g/mol. The maximum Gasteiger partial charge on any atom is 0.220 e. The Balaban J connectivity index is 1.46. The van der Waals surface area contributed by atoms with Gasteiger partial charge in [-0.2, -0.15) is 0 Å². The second kappa shape index (κ2) is 54.3. The molecule has 0 bridgehead atoms. The Hall–Kier alpha value is -2.77. The van der Waals surface area contributed by atoms with Gasteiger partial charge in [0.2, 0.25) is 5.91 Å². The van der Waals surface area contributed by atoms with Crippen molar-refractivity contribution in [1.29, 1.82) is 0 Å². The van der Waals surface area contributed by atoms with E-state index in [2.05, 4.69) is 79.9 Å². The molecule has 0 aromatic carbocycles. The van der Waals surface area contributed by atoms with Crippen molar-refractivity contribution in [3.8, 4) is 0 Å². The molecule has 0 spiro atoms. The minimum absolute atomic E-state index is 0.220. The molecule has 92 heavy (non-hydrogen) atoms. The second-order valence-electron chi connectivity index (χ2n) is 25.7. The highest BCUT2D eigenvalue weighted by molar-refractivity contribution is 5.76. The van der Waals surface area contributed by atoms with Crippen LogP contribution in [0, 0.1) is 0 Å². The summed E-state index contributed by atoms with van der Waals surface area (Å²) in [5.41, 5.74) is 0. The third-order valence-electron chi connectivity index (χ3n) is 17.7. The van der Waals surface area contributed by atoms with E-state index in [0.717, 1.165) is 70.6 Å². The van der Waals surface area contributed by atoms with Gasteiger partial charge in [-0.1, -0.05) is 234 Å². The number of hydrogen-bond donors (Lipinski definition) is 12. The molecule has 0 saturated carbocycles. The van der Waals surface area contributed by atoms with Gasteiger partial charge in [-0.25, -0.2) is 0 Å². The van der Waals surface area contributed by atoms with E-state index in [1.807, 2.05) is 6.08 Å². The fourth-order valence-electron chi connectivity index (χ4n) is 11.8. The Morgan fingerprint density at radius 1 is 0.391 bits per heavy atom. The third kappa shape index (κ3) is 35.5. The van der Waals surface area contributed by atoms with Crippen molar-refractivity contribution in [2.45, 2.75) is 356 Å². The molecule has 3 saturated heterocycles. The van der Waals surface area contributed by atoms with E-state index in [4.69, 9.17) is 28.4 Å². The molecule has 3 aliphatic rings. The van der Waals surface area contributed by atoms with Crippen LogP contribution in [0.1, 0.15) is 251 Å². The number of carbonyl (C=O) groups excluding carboxylic acids is 1. The minimum Gasteiger partial charge on any atom is -0.394 e. The zero-order valence-electron chi connectivity index (χ0n) is 56.5. The van der Waals surface area contributed by atoms with Crippen molar-refractivity contribution in [3.63, 3.8) is 0 Å². The first kappa shape index (κ1) is 83.5. The van der Waals surface area contributed by atoms with Gasteiger partial charge in [0.05, 0.1) is 38.6 Å². The Labute approximate surface area is 553 Å². The van der Waals surface area contributed by atoms with E-state index in [-0.39, 0.29) is 18.9 Å². The molecule has 0 aromatic heterocycles. The summed E-state index contributed by atoms with van der Waals surface area (Å²) in [5.74, 6) is -0.298. The molecule has 12 N–H and O–H groups in total. The molecule has 17 atom stereocenters. The lowest BCUT2D eigenvalue weighted by Crippen LogP contribution is -2.66. The van der Waals surface area contributed by atoms with Gasteiger partial charge in [0.25, 0.3) is 0 Å². The normalized spacial score (nSPS) is 28.1. The molecule has 19 heteroatoms. The number of unbranched alkanes of at least 4 members (excludes halogenated alkanes) is 29. The largest absolute Gasteiger partial charge is 0.394 e. The highest BCUT2D eigenvalue weighted by atomic mass is 16.8. The zero-order chi connectivity index (χ0) is 66.8. The van der Waals surface area contributed by atoms with E-state index in [0.29, 0.717) is 12.8 Å². The number of aliphatic hydroxyl groups excluding tert-OH is 11. The van der Waals surface area contributed by atoms with Crippen LogP contribution in [-0.2, 0) is 33.2 Å². The summed E-state index contributed by atoms with van der Waals surface area (Å²) in [6, 6.07) is -1.01. The number of nitrogens with one attached hydrogen (secondary N) is 1. The van der Waals surface area contributed by atoms with Gasteiger partial charge < -0.3 is 89.9 Å². The van der Waals surface area contributed by atoms with Crippen LogP contribution in [0.25, 0.3) is 0 Å². The molecule has 0 radical (unpaired) electrons. The zero-order valence-corrected chi connectivity index (χ0v) is 56.5. The number of aliphatic hydroxyl groups is 11. The van der Waals surface area contributed by atoms with Crippen molar-refractivity contribution in [2.24, 2.45) is 0 Å². The van der Waals surface area contributed by atoms with Gasteiger partial charge in [0, 0.05) is 6.42 Å². The molecule has 3 heterocycles. The van der Waals surface area contributed by atoms with Crippen LogP contribution in [-0.4, -0.2) is 193 Å². The van der Waals surface area contributed by atoms with Crippen molar-refractivity contribution >= 4 is 5.91 Å². The SMILES string of the molecule is CCCCCCC/C=C\C/C=C\C/C=C\CCCCCCCCCCC(=O)NC(COC1OC(CO)C(OC2OC(CO)C(OC3OC(CO)C(O)C(O)C3O)C(O)C2O)C(O)C1O)C(O)/C=C/CC/C=C/CC/C=C/CCCCCCCCCCCCCCCC. The van der Waals surface area contributed by atoms with Crippen LogP contribution in [0.15, 0.2) is 72.9 Å². The molecule has 17 unspecified atom stereocenters. The predicted octanol–water partition coefficient (Wildman–Crippen LogP) is 10.1. The van der Waals surface area contributed by atoms with Gasteiger partial charge in [-0.05, 0) is 83.5 Å². The van der Waals surface area contributed by atoms with Gasteiger partial charge in [-0.3, -0.25) is 4.79 Å². The molecule has 19 nitrogen and oxygen atoms in total. The highest BCUT2D eigenvalue weighted by Gasteiger charge is 2.53. The molecular weight excluding hydrogens is 1180 g/mol. The molecule has 1 amide bonds. The van der Waals surface area contributed by atoms with Gasteiger partial charge >= 0.3 is 0 Å². The minimum atomic E-state index is -1.99. The molecule has 3 rings (SSSR count). The summed E-state index contributed by atoms with van der Waals surface area (Å²) < 4.78 is 34.3. The van der Waals surface area contributed by atoms with Crippen molar-refractivity contribution in [3.05, 3.63) is 72.9 Å². The van der Waals surface area contributed by atoms with Crippen LogP contribution in [0.3, 0.4) is 0 Å². The molecule has 3 aliphatic heterocycles. The van der Waals surface area contributed by atoms with Crippen LogP contribution in [0.2, 0.25) is 0 Å². The van der Waals surface area contributed by atoms with Gasteiger partial charge in [-0.15, -0.1) is 0 Å². The molecule has 534 valence electrons. The number of hydrogen-bond acceptors (Lipinski definition) is 18. The van der Waals surface area contributed by atoms with Crippen molar-refractivity contribution < 1.29 is 89.4 Å². The number of carbonyl (C=O) groups is 1. The molecule has 3 fully saturated rings. The third-order valence-corrected chi connectivity index (χ3v) is 17.7. The summed E-state index contributed by atoms with van der Waals surface area (Å²) in [4.78, 5) is 13.4. The van der Waals surface area contributed by atoms with Gasteiger partial charge in [0.15, 0.2) is 18.9 Å². The lowest BCUT2D eigenvalue weighted by molar-refractivity contribution is -0.379. The first-order chi connectivity index (χ1) is 44.8. The quantitative estimate of drug-likeness (QED) is 0.0199. The Kier molecular flexibility index (Phi) is 49.2. The lowest BCUT2D eigenvalue weighted by atomic mass is 9.96. The number of ether oxygens (including phenoxy) is 6. The summed E-state index contributed by atoms with van der Waals surface area (Å²) in [5, 5.41) is 121. The second-order valence-corrected chi connectivity index (χ2v) is 25.7. The maximum absolute atomic E-state index is 13.4. The fourth-order valence-corrected chi connectivity index (χ4v) is 11.8. The summed E-state index contributed by atoms with van der Waals surface area (Å²) in [6.07, 6.45) is 41.6. The van der Waals surface area contributed by atoms with Crippen LogP contribution in [0.5, 0.6) is 0 Å².